The Hall–Kier alpha value is -2.69. The third-order valence-electron chi connectivity index (χ3n) is 6.79. The van der Waals surface area contributed by atoms with Gasteiger partial charge in [0.15, 0.2) is 0 Å². The van der Waals surface area contributed by atoms with Gasteiger partial charge >= 0.3 is 0 Å². The van der Waals surface area contributed by atoms with E-state index in [-0.39, 0.29) is 11.1 Å². The Balaban J connectivity index is 1.57. The van der Waals surface area contributed by atoms with Crippen LogP contribution < -0.4 is 4.90 Å². The van der Waals surface area contributed by atoms with Crippen molar-refractivity contribution in [1.82, 2.24) is 0 Å². The van der Waals surface area contributed by atoms with E-state index < -0.39 is 46.9 Å². The zero-order chi connectivity index (χ0) is 23.8. The fourth-order valence-electron chi connectivity index (χ4n) is 5.37. The molecule has 2 fully saturated rings. The Morgan fingerprint density at radius 3 is 2.12 bits per heavy atom. The Labute approximate surface area is 216 Å². The van der Waals surface area contributed by atoms with E-state index in [1.165, 1.54) is 0 Å². The molecule has 8 heteroatoms. The maximum Gasteiger partial charge on any atom is 0.241 e. The fraction of sp³-hybridized carbons (Fsp3) is 0.154. The molecule has 2 heterocycles. The van der Waals surface area contributed by atoms with E-state index in [0.29, 0.717) is 14.8 Å². The molecule has 168 valence electrons. The monoisotopic (exact) mass is 627 g/mol. The smallest absolute Gasteiger partial charge is 0.241 e. The molecule has 2 amide bonds. The summed E-state index contributed by atoms with van der Waals surface area (Å²) in [7, 11) is 0. The van der Waals surface area contributed by atoms with Crippen LogP contribution in [-0.2, 0) is 14.3 Å². The minimum absolute atomic E-state index is 0.217. The second-order valence-corrected chi connectivity index (χ2v) is 10.6. The van der Waals surface area contributed by atoms with Crippen molar-refractivity contribution in [2.24, 2.45) is 11.8 Å². The zero-order valence-corrected chi connectivity index (χ0v) is 21.1. The molecule has 3 aliphatic rings. The number of ketones is 2. The summed E-state index contributed by atoms with van der Waals surface area (Å²) in [6.07, 6.45) is -0.937. The minimum Gasteiger partial charge on any atom is -0.349 e. The third-order valence-corrected chi connectivity index (χ3v) is 8.20. The number of para-hydroxylation sites is 1. The fourth-order valence-corrected chi connectivity index (χ4v) is 6.42. The van der Waals surface area contributed by atoms with E-state index in [4.69, 9.17) is 4.74 Å². The Morgan fingerprint density at radius 2 is 1.47 bits per heavy atom. The van der Waals surface area contributed by atoms with Crippen molar-refractivity contribution in [1.29, 1.82) is 0 Å². The molecule has 3 aromatic rings. The summed E-state index contributed by atoms with van der Waals surface area (Å²) in [6, 6.07) is 20.7. The highest BCUT2D eigenvalue weighted by molar-refractivity contribution is 14.1. The molecule has 1 spiro atoms. The average molecular weight is 628 g/mol. The first-order valence-electron chi connectivity index (χ1n) is 10.6. The number of nitrogens with zero attached hydrogens (tertiary/aromatic N) is 1. The molecule has 6 rings (SSSR count). The van der Waals surface area contributed by atoms with Gasteiger partial charge in [0, 0.05) is 19.2 Å². The number of hydrogen-bond donors (Lipinski definition) is 0. The first kappa shape index (κ1) is 21.8. The van der Waals surface area contributed by atoms with Crippen molar-refractivity contribution in [2.75, 3.05) is 4.90 Å². The van der Waals surface area contributed by atoms with Crippen LogP contribution in [0.2, 0.25) is 0 Å². The molecule has 3 aromatic carbocycles. The number of amides is 2. The summed E-state index contributed by atoms with van der Waals surface area (Å²) in [4.78, 5) is 56.3. The van der Waals surface area contributed by atoms with Crippen molar-refractivity contribution >= 4 is 67.6 Å². The standard InChI is InChI=1S/C26H15BrINO5/c27-14-7-5-6-13(12-14)21-19-20(25(33)29(24(19)32)18-11-4-3-10-17(18)28)26(34-21)22(30)15-8-1-2-9-16(15)23(26)31/h1-12,19-21H/t19-,20+,21-/m0/s1. The van der Waals surface area contributed by atoms with E-state index in [0.717, 1.165) is 9.37 Å². The number of carbonyl (C=O) groups excluding carboxylic acids is 4. The summed E-state index contributed by atoms with van der Waals surface area (Å²) < 4.78 is 7.76. The average Bonchev–Trinajstić information content (AvgIpc) is 3.40. The lowest BCUT2D eigenvalue weighted by Gasteiger charge is -2.27. The predicted molar refractivity (Wildman–Crippen MR) is 134 cm³/mol. The number of rotatable bonds is 2. The normalized spacial score (nSPS) is 24.8. The largest absolute Gasteiger partial charge is 0.349 e. The predicted octanol–water partition coefficient (Wildman–Crippen LogP) is 4.75. The molecule has 1 aliphatic carbocycles. The topological polar surface area (TPSA) is 80.8 Å². The van der Waals surface area contributed by atoms with Crippen molar-refractivity contribution in [3.63, 3.8) is 0 Å². The molecule has 6 nitrogen and oxygen atoms in total. The zero-order valence-electron chi connectivity index (χ0n) is 17.4. The molecule has 0 unspecified atom stereocenters. The lowest BCUT2D eigenvalue weighted by Crippen LogP contribution is -2.51. The van der Waals surface area contributed by atoms with Crippen LogP contribution in [-0.4, -0.2) is 29.0 Å². The number of hydrogen-bond acceptors (Lipinski definition) is 5. The highest BCUT2D eigenvalue weighted by Crippen LogP contribution is 2.58. The molecule has 2 saturated heterocycles. The number of fused-ring (bicyclic) bond motifs is 3. The van der Waals surface area contributed by atoms with Crippen LogP contribution >= 0.6 is 38.5 Å². The quantitative estimate of drug-likeness (QED) is 0.233. The van der Waals surface area contributed by atoms with E-state index >= 15 is 0 Å². The summed E-state index contributed by atoms with van der Waals surface area (Å²) in [5.41, 5.74) is -0.582. The maximum atomic E-state index is 13.9. The third kappa shape index (κ3) is 2.76. The molecule has 34 heavy (non-hydrogen) atoms. The first-order valence-corrected chi connectivity index (χ1v) is 12.5. The highest BCUT2D eigenvalue weighted by atomic mass is 127. The Bertz CT molecular complexity index is 1400. The van der Waals surface area contributed by atoms with Crippen LogP contribution in [0.1, 0.15) is 32.4 Å². The molecule has 0 N–H and O–H groups in total. The Morgan fingerprint density at radius 1 is 0.824 bits per heavy atom. The van der Waals surface area contributed by atoms with Crippen LogP contribution in [0.5, 0.6) is 0 Å². The van der Waals surface area contributed by atoms with Gasteiger partial charge in [-0.1, -0.05) is 64.5 Å². The van der Waals surface area contributed by atoms with E-state index in [1.807, 2.05) is 12.1 Å². The lowest BCUT2D eigenvalue weighted by molar-refractivity contribution is -0.127. The van der Waals surface area contributed by atoms with Gasteiger partial charge in [0.2, 0.25) is 29.0 Å². The van der Waals surface area contributed by atoms with Crippen molar-refractivity contribution < 1.29 is 23.9 Å². The van der Waals surface area contributed by atoms with Crippen molar-refractivity contribution in [2.45, 2.75) is 11.7 Å². The molecular weight excluding hydrogens is 613 g/mol. The van der Waals surface area contributed by atoms with E-state index in [2.05, 4.69) is 38.5 Å². The van der Waals surface area contributed by atoms with E-state index in [1.54, 1.807) is 60.7 Å². The van der Waals surface area contributed by atoms with Gasteiger partial charge in [-0.2, -0.15) is 0 Å². The van der Waals surface area contributed by atoms with Crippen LogP contribution in [0, 0.1) is 15.4 Å². The van der Waals surface area contributed by atoms with Crippen LogP contribution in [0.4, 0.5) is 5.69 Å². The van der Waals surface area contributed by atoms with Gasteiger partial charge in [0.25, 0.3) is 0 Å². The van der Waals surface area contributed by atoms with Gasteiger partial charge in [-0.05, 0) is 52.4 Å². The van der Waals surface area contributed by atoms with Crippen LogP contribution in [0.15, 0.2) is 77.3 Å². The second kappa shape index (κ2) is 7.66. The summed E-state index contributed by atoms with van der Waals surface area (Å²) in [6.45, 7) is 0. The molecule has 2 aliphatic heterocycles. The lowest BCUT2D eigenvalue weighted by atomic mass is 9.77. The van der Waals surface area contributed by atoms with Crippen molar-refractivity contribution in [3.8, 4) is 0 Å². The van der Waals surface area contributed by atoms with Gasteiger partial charge in [-0.25, -0.2) is 4.90 Å². The van der Waals surface area contributed by atoms with Crippen LogP contribution in [0.3, 0.4) is 0 Å². The summed E-state index contributed by atoms with van der Waals surface area (Å²) in [5, 5.41) is 0. The molecule has 0 saturated carbocycles. The Kier molecular flexibility index (Phi) is 4.91. The van der Waals surface area contributed by atoms with Gasteiger partial charge in [-0.15, -0.1) is 0 Å². The number of carbonyl (C=O) groups is 4. The minimum atomic E-state index is -2.07. The van der Waals surface area contributed by atoms with Crippen molar-refractivity contribution in [3.05, 3.63) is 97.5 Å². The number of anilines is 1. The van der Waals surface area contributed by atoms with Gasteiger partial charge in [-0.3, -0.25) is 19.2 Å². The van der Waals surface area contributed by atoms with Crippen LogP contribution in [0.25, 0.3) is 0 Å². The maximum absolute atomic E-state index is 13.9. The first-order chi connectivity index (χ1) is 16.4. The molecular formula is C26H15BrINO5. The summed E-state index contributed by atoms with van der Waals surface area (Å²) in [5.74, 6) is -4.46. The highest BCUT2D eigenvalue weighted by Gasteiger charge is 2.74. The number of ether oxygens (including phenoxy) is 1. The second-order valence-electron chi connectivity index (χ2n) is 8.50. The molecule has 3 atom stereocenters. The van der Waals surface area contributed by atoms with E-state index in [9.17, 15) is 19.2 Å². The number of halogens is 2. The molecule has 0 bridgehead atoms. The van der Waals surface area contributed by atoms with Gasteiger partial charge in [0.05, 0.1) is 23.6 Å². The number of Topliss-reactive ketones (excluding diaryl/α,β-unsaturated/α-hetero) is 2. The van der Waals surface area contributed by atoms with Gasteiger partial charge < -0.3 is 4.74 Å². The van der Waals surface area contributed by atoms with Gasteiger partial charge in [0.1, 0.15) is 0 Å². The summed E-state index contributed by atoms with van der Waals surface area (Å²) >= 11 is 5.50. The number of imide groups is 1. The molecule has 0 aromatic heterocycles. The number of benzene rings is 3. The SMILES string of the molecule is O=C1[C@@H]2[C@H](c3cccc(Br)c3)OC3(C(=O)c4ccccc4C3=O)[C@H]2C(=O)N1c1ccccc1I. The molecule has 0 radical (unpaired) electrons.